The maximum absolute atomic E-state index is 13.7. The molecule has 300 valence electrons. The SMILES string of the molecule is COCCOCCOCCOCCNC(=O)c1ccc(-c2ccc(C[C@H](NC(=O)C3CCC(CN)CC3)C(=O)Nc3ccc(-c4nn[nH]n4)cc3)cc2)c(C)c1. The lowest BCUT2D eigenvalue weighted by atomic mass is 9.81. The van der Waals surface area contributed by atoms with Crippen LogP contribution in [0.1, 0.15) is 47.2 Å². The Morgan fingerprint density at radius 2 is 1.50 bits per heavy atom. The van der Waals surface area contributed by atoms with Gasteiger partial charge in [0.25, 0.3) is 5.91 Å². The number of hydrogen-bond donors (Lipinski definition) is 5. The van der Waals surface area contributed by atoms with Crippen LogP contribution in [0.25, 0.3) is 22.5 Å². The zero-order chi connectivity index (χ0) is 39.5. The van der Waals surface area contributed by atoms with E-state index in [0.717, 1.165) is 53.5 Å². The van der Waals surface area contributed by atoms with Gasteiger partial charge in [-0.3, -0.25) is 14.4 Å². The minimum atomic E-state index is -0.799. The molecule has 1 saturated carbocycles. The number of carbonyl (C=O) groups excluding carboxylic acids is 3. The first-order valence-electron chi connectivity index (χ1n) is 19.2. The summed E-state index contributed by atoms with van der Waals surface area (Å²) in [7, 11) is 1.63. The molecule has 0 unspecified atom stereocenters. The molecule has 56 heavy (non-hydrogen) atoms. The second-order valence-corrected chi connectivity index (χ2v) is 13.8. The van der Waals surface area contributed by atoms with Crippen molar-refractivity contribution in [2.24, 2.45) is 17.6 Å². The number of anilines is 1. The number of amides is 3. The van der Waals surface area contributed by atoms with Crippen LogP contribution in [0.4, 0.5) is 5.69 Å². The average molecular weight is 771 g/mol. The van der Waals surface area contributed by atoms with E-state index in [-0.39, 0.29) is 23.6 Å². The standard InChI is InChI=1S/C41H54N8O7/c1-28-25-34(39(50)43-17-18-54-21-22-56-24-23-55-20-19-53-2)13-16-36(28)31-7-3-29(4-8-31)26-37(45-40(51)33-9-5-30(27-42)6-10-33)41(52)44-35-14-11-32(12-15-35)38-46-48-49-47-38/h3-4,7-8,11-16,25,30,33,37H,5-6,9-10,17-24,26-27,42H2,1-2H3,(H,43,50)(H,44,52)(H,45,51)(H,46,47,48,49)/t30?,33?,37-/m0/s1. The number of ether oxygens (including phenoxy) is 4. The second-order valence-electron chi connectivity index (χ2n) is 13.8. The van der Waals surface area contributed by atoms with Crippen molar-refractivity contribution >= 4 is 23.4 Å². The molecule has 0 saturated heterocycles. The van der Waals surface area contributed by atoms with Gasteiger partial charge in [-0.1, -0.05) is 30.3 Å². The molecular weight excluding hydrogens is 716 g/mol. The predicted octanol–water partition coefficient (Wildman–Crippen LogP) is 3.70. The van der Waals surface area contributed by atoms with Gasteiger partial charge in [0, 0.05) is 42.8 Å². The Balaban J connectivity index is 1.14. The van der Waals surface area contributed by atoms with Gasteiger partial charge in [-0.2, -0.15) is 5.21 Å². The molecule has 1 aromatic heterocycles. The summed E-state index contributed by atoms with van der Waals surface area (Å²) < 4.78 is 21.3. The predicted molar refractivity (Wildman–Crippen MR) is 212 cm³/mol. The fourth-order valence-electron chi connectivity index (χ4n) is 6.58. The average Bonchev–Trinajstić information content (AvgIpc) is 3.77. The molecule has 1 heterocycles. The van der Waals surface area contributed by atoms with Gasteiger partial charge >= 0.3 is 0 Å². The van der Waals surface area contributed by atoms with Gasteiger partial charge in [0.05, 0.1) is 46.2 Å². The molecule has 1 fully saturated rings. The van der Waals surface area contributed by atoms with Crippen LogP contribution in [0.5, 0.6) is 0 Å². The Labute approximate surface area is 327 Å². The molecule has 0 bridgehead atoms. The third-order valence-corrected chi connectivity index (χ3v) is 9.84. The van der Waals surface area contributed by atoms with E-state index < -0.39 is 6.04 Å². The van der Waals surface area contributed by atoms with E-state index in [1.54, 1.807) is 37.4 Å². The van der Waals surface area contributed by atoms with E-state index in [4.69, 9.17) is 24.7 Å². The lowest BCUT2D eigenvalue weighted by Crippen LogP contribution is -2.48. The second kappa shape index (κ2) is 22.5. The minimum absolute atomic E-state index is 0.113. The molecule has 1 aliphatic carbocycles. The van der Waals surface area contributed by atoms with E-state index in [1.165, 1.54) is 0 Å². The molecule has 4 aromatic rings. The Morgan fingerprint density at radius 3 is 2.12 bits per heavy atom. The number of aromatic amines is 1. The van der Waals surface area contributed by atoms with Gasteiger partial charge in [0.2, 0.25) is 17.6 Å². The number of tetrazole rings is 1. The van der Waals surface area contributed by atoms with Crippen LogP contribution >= 0.6 is 0 Å². The minimum Gasteiger partial charge on any atom is -0.382 e. The summed E-state index contributed by atoms with van der Waals surface area (Å²) in [5.41, 5.74) is 11.6. The number of benzene rings is 3. The number of methoxy groups -OCH3 is 1. The van der Waals surface area contributed by atoms with Crippen molar-refractivity contribution in [2.75, 3.05) is 71.8 Å². The van der Waals surface area contributed by atoms with Crippen LogP contribution < -0.4 is 21.7 Å². The van der Waals surface area contributed by atoms with Crippen LogP contribution in [0.15, 0.2) is 66.7 Å². The molecule has 15 nitrogen and oxygen atoms in total. The van der Waals surface area contributed by atoms with Crippen LogP contribution in [0.2, 0.25) is 0 Å². The molecule has 5 rings (SSSR count). The largest absolute Gasteiger partial charge is 0.382 e. The molecule has 3 amide bonds. The van der Waals surface area contributed by atoms with Crippen molar-refractivity contribution in [3.63, 3.8) is 0 Å². The number of rotatable bonds is 22. The Kier molecular flexibility index (Phi) is 16.9. The van der Waals surface area contributed by atoms with Crippen molar-refractivity contribution in [3.8, 4) is 22.5 Å². The highest BCUT2D eigenvalue weighted by molar-refractivity contribution is 5.98. The maximum atomic E-state index is 13.7. The summed E-state index contributed by atoms with van der Waals surface area (Å²) in [5, 5.41) is 22.9. The zero-order valence-corrected chi connectivity index (χ0v) is 32.3. The molecule has 3 aromatic carbocycles. The number of hydrogen-bond acceptors (Lipinski definition) is 11. The molecule has 6 N–H and O–H groups in total. The highest BCUT2D eigenvalue weighted by Gasteiger charge is 2.29. The lowest BCUT2D eigenvalue weighted by molar-refractivity contribution is -0.130. The molecule has 0 aliphatic heterocycles. The van der Waals surface area contributed by atoms with E-state index in [2.05, 4.69) is 36.6 Å². The van der Waals surface area contributed by atoms with Crippen molar-refractivity contribution in [1.82, 2.24) is 31.3 Å². The molecule has 0 spiro atoms. The van der Waals surface area contributed by atoms with Crippen molar-refractivity contribution in [1.29, 1.82) is 0 Å². The number of carbonyl (C=O) groups is 3. The summed E-state index contributed by atoms with van der Waals surface area (Å²) in [6.07, 6.45) is 3.63. The highest BCUT2D eigenvalue weighted by atomic mass is 16.6. The van der Waals surface area contributed by atoms with Crippen LogP contribution in [-0.2, 0) is 35.0 Å². The smallest absolute Gasteiger partial charge is 0.251 e. The highest BCUT2D eigenvalue weighted by Crippen LogP contribution is 2.29. The summed E-state index contributed by atoms with van der Waals surface area (Å²) >= 11 is 0. The van der Waals surface area contributed by atoms with E-state index >= 15 is 0 Å². The Bertz CT molecular complexity index is 1800. The summed E-state index contributed by atoms with van der Waals surface area (Å²) in [6.45, 7) is 6.32. The van der Waals surface area contributed by atoms with E-state index in [0.29, 0.717) is 88.8 Å². The zero-order valence-electron chi connectivity index (χ0n) is 32.3. The van der Waals surface area contributed by atoms with Gasteiger partial charge in [0.15, 0.2) is 0 Å². The van der Waals surface area contributed by atoms with Crippen LogP contribution in [0, 0.1) is 18.8 Å². The number of aromatic nitrogens is 4. The normalized spacial score (nSPS) is 15.9. The van der Waals surface area contributed by atoms with Gasteiger partial charge < -0.3 is 40.6 Å². The lowest BCUT2D eigenvalue weighted by Gasteiger charge is -2.28. The van der Waals surface area contributed by atoms with Crippen LogP contribution in [0.3, 0.4) is 0 Å². The fraction of sp³-hybridized carbons (Fsp3) is 0.463. The van der Waals surface area contributed by atoms with Crippen molar-refractivity contribution in [3.05, 3.63) is 83.4 Å². The molecule has 15 heteroatoms. The van der Waals surface area contributed by atoms with Gasteiger partial charge in [-0.25, -0.2) is 0 Å². The van der Waals surface area contributed by atoms with Gasteiger partial charge in [0.1, 0.15) is 6.04 Å². The fourth-order valence-corrected chi connectivity index (χ4v) is 6.58. The molecule has 0 radical (unpaired) electrons. The topological polar surface area (TPSA) is 205 Å². The Morgan fingerprint density at radius 1 is 0.839 bits per heavy atom. The van der Waals surface area contributed by atoms with Crippen LogP contribution in [-0.4, -0.2) is 111 Å². The maximum Gasteiger partial charge on any atom is 0.251 e. The number of nitrogens with zero attached hydrogens (tertiary/aromatic N) is 3. The van der Waals surface area contributed by atoms with Crippen molar-refractivity contribution < 1.29 is 33.3 Å². The molecule has 1 atom stereocenters. The van der Waals surface area contributed by atoms with Gasteiger partial charge in [-0.15, -0.1) is 10.2 Å². The van der Waals surface area contributed by atoms with Gasteiger partial charge in [-0.05, 0) is 109 Å². The van der Waals surface area contributed by atoms with E-state index in [9.17, 15) is 14.4 Å². The first-order chi connectivity index (χ1) is 27.3. The van der Waals surface area contributed by atoms with Crippen molar-refractivity contribution in [2.45, 2.75) is 45.1 Å². The first-order valence-corrected chi connectivity index (χ1v) is 19.2. The first kappa shape index (κ1) is 42.1. The summed E-state index contributed by atoms with van der Waals surface area (Å²) in [6, 6.07) is 19.9. The van der Waals surface area contributed by atoms with E-state index in [1.807, 2.05) is 43.3 Å². The third kappa shape index (κ3) is 13.0. The number of aryl methyl sites for hydroxylation is 1. The Hall–Kier alpha value is -5.06. The quantitative estimate of drug-likeness (QED) is 0.0729. The number of H-pyrrole nitrogens is 1. The number of nitrogens with one attached hydrogen (secondary N) is 4. The monoisotopic (exact) mass is 770 g/mol. The third-order valence-electron chi connectivity index (χ3n) is 9.84. The summed E-state index contributed by atoms with van der Waals surface area (Å²) in [5.74, 6) is 0.131. The number of nitrogens with two attached hydrogens (primary N) is 1. The molecule has 1 aliphatic rings. The molecular formula is C41H54N8O7. The summed E-state index contributed by atoms with van der Waals surface area (Å²) in [4.78, 5) is 40.0.